The van der Waals surface area contributed by atoms with Crippen LogP contribution in [0.1, 0.15) is 31.7 Å². The molecule has 0 unspecified atom stereocenters. The van der Waals surface area contributed by atoms with Gasteiger partial charge in [0.2, 0.25) is 0 Å². The fraction of sp³-hybridized carbons (Fsp3) is 0.208. The van der Waals surface area contributed by atoms with Gasteiger partial charge >= 0.3 is 37.9 Å². The molecule has 0 bridgehead atoms. The fourth-order valence-corrected chi connectivity index (χ4v) is 3.72. The van der Waals surface area contributed by atoms with Gasteiger partial charge in [0, 0.05) is 0 Å². The van der Waals surface area contributed by atoms with Crippen molar-refractivity contribution >= 4 is 38.6 Å². The Kier molecular flexibility index (Phi) is 8.07. The van der Waals surface area contributed by atoms with Crippen LogP contribution in [-0.2, 0) is 27.3 Å². The number of aryl methyl sites for hydroxylation is 1. The summed E-state index contributed by atoms with van der Waals surface area (Å²) in [6.45, 7) is 2.26. The molecule has 27 heavy (non-hydrogen) atoms. The first-order chi connectivity index (χ1) is 13.3. The molecule has 0 spiro atoms. The summed E-state index contributed by atoms with van der Waals surface area (Å²) in [6.07, 6.45) is 5.08. The average molecular weight is 474 g/mol. The van der Waals surface area contributed by atoms with Gasteiger partial charge < -0.3 is 0 Å². The van der Waals surface area contributed by atoms with Gasteiger partial charge in [-0.25, -0.2) is 0 Å². The number of hydrogen-bond acceptors (Lipinski definition) is 0. The van der Waals surface area contributed by atoms with Crippen LogP contribution in [0.2, 0.25) is 0 Å². The molecule has 4 aromatic rings. The Morgan fingerprint density at radius 1 is 0.815 bits per heavy atom. The first kappa shape index (κ1) is 20.7. The van der Waals surface area contributed by atoms with Crippen molar-refractivity contribution in [2.24, 2.45) is 0 Å². The summed E-state index contributed by atoms with van der Waals surface area (Å²) in [5, 5.41) is 5.40. The molecule has 0 nitrogen and oxygen atoms in total. The Bertz CT molecular complexity index is 998. The van der Waals surface area contributed by atoms with E-state index in [1.807, 2.05) is 0 Å². The summed E-state index contributed by atoms with van der Waals surface area (Å²) >= 11 is -0.826. The molecule has 0 fully saturated rings. The Labute approximate surface area is 180 Å². The summed E-state index contributed by atoms with van der Waals surface area (Å²) < 4.78 is 0. The Balaban J connectivity index is 0.000000659. The second kappa shape index (κ2) is 10.5. The van der Waals surface area contributed by atoms with Crippen LogP contribution in [0, 0.1) is 0 Å². The second-order valence-corrected chi connectivity index (χ2v) is 10.5. The summed E-state index contributed by atoms with van der Waals surface area (Å²) in [4.78, 5) is 0. The van der Waals surface area contributed by atoms with Gasteiger partial charge in [-0.3, -0.25) is 0 Å². The van der Waals surface area contributed by atoms with Gasteiger partial charge in [0.1, 0.15) is 0 Å². The van der Waals surface area contributed by atoms with E-state index in [4.69, 9.17) is 17.0 Å². The van der Waals surface area contributed by atoms with Crippen molar-refractivity contribution < 1.29 is 20.8 Å². The normalized spacial score (nSPS) is 10.6. The predicted molar refractivity (Wildman–Crippen MR) is 117 cm³/mol. The number of rotatable bonds is 5. The molecule has 0 heterocycles. The van der Waals surface area contributed by atoms with Gasteiger partial charge in [0.05, 0.1) is 0 Å². The number of fused-ring (bicyclic) bond motifs is 2. The molecule has 138 valence electrons. The maximum atomic E-state index is 4.93. The molecule has 4 rings (SSSR count). The monoisotopic (exact) mass is 471 g/mol. The standard InChI is InChI=1S/C24H23.2ClH.Zr/c1-2-3-4-9-18-16-20-12-8-15-23(24(20)17-18)22-14-7-11-19-10-5-6-13-21(19)22;;;/h5-8,10-17H,2-4,9H2,1H3;2*1H;/q-1;;;+2/p-2. The summed E-state index contributed by atoms with van der Waals surface area (Å²) in [6, 6.07) is 26.8. The van der Waals surface area contributed by atoms with Crippen molar-refractivity contribution in [3.8, 4) is 11.1 Å². The van der Waals surface area contributed by atoms with E-state index in [-0.39, 0.29) is 0 Å². The summed E-state index contributed by atoms with van der Waals surface area (Å²) in [5.41, 5.74) is 4.17. The van der Waals surface area contributed by atoms with Crippen molar-refractivity contribution in [3.05, 3.63) is 78.4 Å². The van der Waals surface area contributed by atoms with Crippen LogP contribution in [0.25, 0.3) is 32.7 Å². The number of hydrogen-bond donors (Lipinski definition) is 0. The predicted octanol–water partition coefficient (Wildman–Crippen LogP) is 8.49. The third-order valence-electron chi connectivity index (χ3n) is 4.96. The van der Waals surface area contributed by atoms with Crippen molar-refractivity contribution in [2.45, 2.75) is 32.6 Å². The molecule has 0 N–H and O–H groups in total. The fourth-order valence-electron chi connectivity index (χ4n) is 3.72. The summed E-state index contributed by atoms with van der Waals surface area (Å²) in [5.74, 6) is 0. The van der Waals surface area contributed by atoms with Crippen LogP contribution in [0.4, 0.5) is 0 Å². The van der Waals surface area contributed by atoms with Crippen LogP contribution in [0.3, 0.4) is 0 Å². The van der Waals surface area contributed by atoms with Crippen molar-refractivity contribution in [1.29, 1.82) is 0 Å². The van der Waals surface area contributed by atoms with Crippen LogP contribution in [0.5, 0.6) is 0 Å². The first-order valence-corrected chi connectivity index (χ1v) is 15.7. The van der Waals surface area contributed by atoms with Gasteiger partial charge in [-0.1, -0.05) is 80.3 Å². The first-order valence-electron chi connectivity index (χ1n) is 9.41. The number of benzene rings is 3. The molecule has 0 radical (unpaired) electrons. The van der Waals surface area contributed by atoms with E-state index in [1.54, 1.807) is 0 Å². The molecular formula is C24H23Cl2Zr-. The molecule has 0 amide bonds. The zero-order valence-electron chi connectivity index (χ0n) is 15.5. The van der Waals surface area contributed by atoms with Gasteiger partial charge in [-0.05, 0) is 22.8 Å². The molecule has 0 atom stereocenters. The van der Waals surface area contributed by atoms with E-state index in [9.17, 15) is 0 Å². The number of halogens is 2. The maximum absolute atomic E-state index is 4.93. The van der Waals surface area contributed by atoms with Crippen LogP contribution < -0.4 is 0 Å². The van der Waals surface area contributed by atoms with Crippen LogP contribution >= 0.6 is 17.0 Å². The quantitative estimate of drug-likeness (QED) is 0.201. The van der Waals surface area contributed by atoms with E-state index in [0.717, 1.165) is 0 Å². The molecular weight excluding hydrogens is 450 g/mol. The molecule has 0 aliphatic rings. The molecule has 0 saturated heterocycles. The van der Waals surface area contributed by atoms with Gasteiger partial charge in [-0.15, -0.1) is 34.5 Å². The van der Waals surface area contributed by atoms with E-state index >= 15 is 0 Å². The van der Waals surface area contributed by atoms with Crippen molar-refractivity contribution in [2.75, 3.05) is 0 Å². The molecule has 4 aromatic carbocycles. The minimum absolute atomic E-state index is 0.826. The van der Waals surface area contributed by atoms with Crippen LogP contribution in [0.15, 0.2) is 72.8 Å². The number of unbranched alkanes of at least 4 members (excludes halogenated alkanes) is 2. The van der Waals surface area contributed by atoms with E-state index < -0.39 is 20.8 Å². The van der Waals surface area contributed by atoms with Crippen LogP contribution in [-0.4, -0.2) is 0 Å². The zero-order chi connectivity index (χ0) is 19.1. The molecule has 0 aliphatic carbocycles. The Morgan fingerprint density at radius 2 is 1.48 bits per heavy atom. The van der Waals surface area contributed by atoms with Gasteiger partial charge in [0.25, 0.3) is 0 Å². The molecule has 0 saturated carbocycles. The molecule has 0 aliphatic heterocycles. The van der Waals surface area contributed by atoms with Gasteiger partial charge in [-0.2, -0.15) is 6.07 Å². The van der Waals surface area contributed by atoms with Gasteiger partial charge in [0.15, 0.2) is 0 Å². The minimum atomic E-state index is -0.826. The molecule has 0 aromatic heterocycles. The van der Waals surface area contributed by atoms with E-state index in [0.29, 0.717) is 0 Å². The SMILES string of the molecule is CCCCCc1cc2c(-c3cccc4ccccc34)cccc2[cH-]1.[Cl][Zr][Cl]. The topological polar surface area (TPSA) is 0 Å². The van der Waals surface area contributed by atoms with E-state index in [2.05, 4.69) is 79.7 Å². The second-order valence-electron chi connectivity index (χ2n) is 6.73. The Morgan fingerprint density at radius 3 is 2.26 bits per heavy atom. The average Bonchev–Trinajstić information content (AvgIpc) is 3.11. The third kappa shape index (κ3) is 5.08. The van der Waals surface area contributed by atoms with E-state index in [1.165, 1.54) is 63.9 Å². The summed E-state index contributed by atoms with van der Waals surface area (Å²) in [7, 11) is 9.87. The van der Waals surface area contributed by atoms with Crippen molar-refractivity contribution in [1.82, 2.24) is 0 Å². The zero-order valence-corrected chi connectivity index (χ0v) is 19.5. The Hall–Kier alpha value is -1.01. The third-order valence-corrected chi connectivity index (χ3v) is 4.96. The van der Waals surface area contributed by atoms with Crippen molar-refractivity contribution in [3.63, 3.8) is 0 Å². The molecule has 3 heteroatoms.